The second-order valence-electron chi connectivity index (χ2n) is 3.90. The number of nitrogens with zero attached hydrogens (tertiary/aromatic N) is 2. The maximum Gasteiger partial charge on any atom is 0.264 e. The second kappa shape index (κ2) is 5.61. The number of benzene rings is 1. The molecule has 4 N–H and O–H groups in total. The van der Waals surface area contributed by atoms with Crippen molar-refractivity contribution in [2.75, 3.05) is 10.1 Å². The number of nitrogen functional groups attached to an aromatic ring is 1. The van der Waals surface area contributed by atoms with Crippen molar-refractivity contribution in [1.29, 1.82) is 0 Å². The third-order valence-corrected chi connectivity index (χ3v) is 4.31. The molecule has 0 aliphatic rings. The molecule has 0 unspecified atom stereocenters. The molecule has 1 heterocycles. The van der Waals surface area contributed by atoms with Gasteiger partial charge in [-0.25, -0.2) is 24.2 Å². The molecule has 106 valence electrons. The van der Waals surface area contributed by atoms with Crippen LogP contribution < -0.4 is 16.0 Å². The molecule has 0 fully saturated rings. The van der Waals surface area contributed by atoms with Gasteiger partial charge in [0.2, 0.25) is 5.95 Å². The van der Waals surface area contributed by atoms with E-state index in [-0.39, 0.29) is 10.8 Å². The molecule has 0 amide bonds. The number of hydrogen-bond donors (Lipinski definition) is 3. The Balaban J connectivity index is 2.33. The normalized spacial score (nSPS) is 11.2. The first-order valence-electron chi connectivity index (χ1n) is 5.50. The minimum Gasteiger partial charge on any atom is -0.292 e. The first-order chi connectivity index (χ1) is 9.44. The Bertz CT molecular complexity index is 718. The van der Waals surface area contributed by atoms with Gasteiger partial charge in [0.05, 0.1) is 18.1 Å². The van der Waals surface area contributed by atoms with Gasteiger partial charge in [0.25, 0.3) is 10.0 Å². The molecular weight excluding hydrogens is 302 g/mol. The van der Waals surface area contributed by atoms with Gasteiger partial charge in [-0.3, -0.25) is 10.1 Å². The Morgan fingerprint density at radius 1 is 1.25 bits per heavy atom. The monoisotopic (exact) mass is 313 g/mol. The highest BCUT2D eigenvalue weighted by Crippen LogP contribution is 2.25. The minimum absolute atomic E-state index is 0.0733. The molecule has 0 spiro atoms. The quantitative estimate of drug-likeness (QED) is 0.583. The lowest BCUT2D eigenvalue weighted by molar-refractivity contribution is 0.600. The molecule has 20 heavy (non-hydrogen) atoms. The minimum atomic E-state index is -3.78. The first-order valence-corrected chi connectivity index (χ1v) is 7.37. The topological polar surface area (TPSA) is 110 Å². The van der Waals surface area contributed by atoms with Gasteiger partial charge in [0.15, 0.2) is 0 Å². The van der Waals surface area contributed by atoms with Crippen molar-refractivity contribution in [3.8, 4) is 0 Å². The largest absolute Gasteiger partial charge is 0.292 e. The molecule has 0 aliphatic carbocycles. The lowest BCUT2D eigenvalue weighted by Gasteiger charge is -2.11. The van der Waals surface area contributed by atoms with E-state index in [1.54, 1.807) is 25.1 Å². The van der Waals surface area contributed by atoms with Crippen LogP contribution in [0.15, 0.2) is 35.5 Å². The fourth-order valence-corrected chi connectivity index (χ4v) is 2.64. The molecule has 0 aliphatic heterocycles. The number of hydrogen-bond acceptors (Lipinski definition) is 6. The van der Waals surface area contributed by atoms with Crippen LogP contribution in [0.5, 0.6) is 0 Å². The third kappa shape index (κ3) is 2.98. The molecule has 0 radical (unpaired) electrons. The summed E-state index contributed by atoms with van der Waals surface area (Å²) in [5.41, 5.74) is 3.26. The number of anilines is 2. The standard InChI is InChI=1S/C11H12ClN5O2S/c1-7-9(12)3-2-4-10(7)17-20(18,19)8-5-14-11(16-13)15-6-8/h2-6,17H,13H2,1H3,(H,14,15,16). The van der Waals surface area contributed by atoms with E-state index in [4.69, 9.17) is 17.4 Å². The van der Waals surface area contributed by atoms with Gasteiger partial charge in [-0.05, 0) is 24.6 Å². The molecule has 2 rings (SSSR count). The highest BCUT2D eigenvalue weighted by Gasteiger charge is 2.17. The summed E-state index contributed by atoms with van der Waals surface area (Å²) in [6, 6.07) is 4.96. The first kappa shape index (κ1) is 14.5. The Labute approximate surface area is 121 Å². The average Bonchev–Trinajstić information content (AvgIpc) is 2.44. The van der Waals surface area contributed by atoms with Gasteiger partial charge < -0.3 is 0 Å². The molecule has 0 atom stereocenters. The summed E-state index contributed by atoms with van der Waals surface area (Å²) in [7, 11) is -3.78. The highest BCUT2D eigenvalue weighted by atomic mass is 35.5. The number of hydrazine groups is 1. The Kier molecular flexibility index (Phi) is 4.07. The van der Waals surface area contributed by atoms with E-state index in [0.717, 1.165) is 12.4 Å². The van der Waals surface area contributed by atoms with Crippen molar-refractivity contribution in [1.82, 2.24) is 9.97 Å². The summed E-state index contributed by atoms with van der Waals surface area (Å²) in [5, 5.41) is 0.476. The van der Waals surface area contributed by atoms with E-state index in [1.807, 2.05) is 0 Å². The van der Waals surface area contributed by atoms with Crippen LogP contribution in [-0.4, -0.2) is 18.4 Å². The van der Waals surface area contributed by atoms with Gasteiger partial charge in [-0.1, -0.05) is 17.7 Å². The molecule has 9 heteroatoms. The number of halogens is 1. The lowest BCUT2D eigenvalue weighted by atomic mass is 10.2. The molecule has 0 saturated heterocycles. The maximum atomic E-state index is 12.2. The molecular formula is C11H12ClN5O2S. The number of nitrogens with two attached hydrogens (primary N) is 1. The molecule has 7 nitrogen and oxygen atoms in total. The van der Waals surface area contributed by atoms with E-state index in [0.29, 0.717) is 16.3 Å². The summed E-state index contributed by atoms with van der Waals surface area (Å²) in [5.74, 6) is 5.24. The van der Waals surface area contributed by atoms with Crippen LogP contribution in [-0.2, 0) is 10.0 Å². The molecule has 1 aromatic heterocycles. The van der Waals surface area contributed by atoms with Crippen LogP contribution >= 0.6 is 11.6 Å². The van der Waals surface area contributed by atoms with Crippen molar-refractivity contribution in [2.24, 2.45) is 5.84 Å². The third-order valence-electron chi connectivity index (χ3n) is 2.58. The highest BCUT2D eigenvalue weighted by molar-refractivity contribution is 7.92. The van der Waals surface area contributed by atoms with Crippen molar-refractivity contribution < 1.29 is 8.42 Å². The predicted octanol–water partition coefficient (Wildman–Crippen LogP) is 1.52. The van der Waals surface area contributed by atoms with Crippen LogP contribution in [0.4, 0.5) is 11.6 Å². The van der Waals surface area contributed by atoms with E-state index in [1.165, 1.54) is 0 Å². The Hall–Kier alpha value is -1.90. The van der Waals surface area contributed by atoms with Gasteiger partial charge in [0.1, 0.15) is 4.90 Å². The van der Waals surface area contributed by atoms with Crippen LogP contribution in [0.1, 0.15) is 5.56 Å². The molecule has 2 aromatic rings. The average molecular weight is 314 g/mol. The van der Waals surface area contributed by atoms with E-state index < -0.39 is 10.0 Å². The summed E-state index contributed by atoms with van der Waals surface area (Å²) in [6.45, 7) is 1.72. The summed E-state index contributed by atoms with van der Waals surface area (Å²) in [6.07, 6.45) is 2.31. The van der Waals surface area contributed by atoms with Gasteiger partial charge in [-0.15, -0.1) is 0 Å². The van der Waals surface area contributed by atoms with E-state index in [9.17, 15) is 8.42 Å². The Morgan fingerprint density at radius 3 is 2.50 bits per heavy atom. The zero-order valence-electron chi connectivity index (χ0n) is 10.5. The van der Waals surface area contributed by atoms with Crippen LogP contribution in [0.3, 0.4) is 0 Å². The lowest BCUT2D eigenvalue weighted by Crippen LogP contribution is -2.16. The SMILES string of the molecule is Cc1c(Cl)cccc1NS(=O)(=O)c1cnc(NN)nc1. The number of sulfonamides is 1. The van der Waals surface area contributed by atoms with Crippen LogP contribution in [0, 0.1) is 6.92 Å². The fourth-order valence-electron chi connectivity index (χ4n) is 1.45. The van der Waals surface area contributed by atoms with Crippen LogP contribution in [0.2, 0.25) is 5.02 Å². The van der Waals surface area contributed by atoms with Crippen molar-refractivity contribution in [3.05, 3.63) is 41.2 Å². The summed E-state index contributed by atoms with van der Waals surface area (Å²) < 4.78 is 26.8. The van der Waals surface area contributed by atoms with Gasteiger partial charge >= 0.3 is 0 Å². The van der Waals surface area contributed by atoms with Crippen molar-refractivity contribution >= 4 is 33.3 Å². The predicted molar refractivity (Wildman–Crippen MR) is 76.8 cm³/mol. The van der Waals surface area contributed by atoms with E-state index >= 15 is 0 Å². The van der Waals surface area contributed by atoms with Crippen molar-refractivity contribution in [3.63, 3.8) is 0 Å². The van der Waals surface area contributed by atoms with E-state index in [2.05, 4.69) is 20.1 Å². The van der Waals surface area contributed by atoms with Gasteiger partial charge in [-0.2, -0.15) is 0 Å². The van der Waals surface area contributed by atoms with Gasteiger partial charge in [0, 0.05) is 5.02 Å². The number of nitrogens with one attached hydrogen (secondary N) is 2. The second-order valence-corrected chi connectivity index (χ2v) is 5.99. The van der Waals surface area contributed by atoms with Crippen LogP contribution in [0.25, 0.3) is 0 Å². The smallest absolute Gasteiger partial charge is 0.264 e. The molecule has 0 saturated carbocycles. The Morgan fingerprint density at radius 2 is 1.90 bits per heavy atom. The summed E-state index contributed by atoms with van der Waals surface area (Å²) >= 11 is 5.95. The molecule has 0 bridgehead atoms. The number of aromatic nitrogens is 2. The summed E-state index contributed by atoms with van der Waals surface area (Å²) in [4.78, 5) is 7.43. The van der Waals surface area contributed by atoms with Crippen molar-refractivity contribution in [2.45, 2.75) is 11.8 Å². The maximum absolute atomic E-state index is 12.2. The zero-order valence-corrected chi connectivity index (χ0v) is 12.0. The molecule has 1 aromatic carbocycles. The zero-order chi connectivity index (χ0) is 14.8. The number of rotatable bonds is 4. The fraction of sp³-hybridized carbons (Fsp3) is 0.0909.